The highest BCUT2D eigenvalue weighted by atomic mass is 16.5. The molecule has 2 fully saturated rings. The van der Waals surface area contributed by atoms with E-state index in [2.05, 4.69) is 12.2 Å². The first-order chi connectivity index (χ1) is 12.0. The molecule has 3 atom stereocenters. The van der Waals surface area contributed by atoms with Gasteiger partial charge in [-0.05, 0) is 36.5 Å². The molecule has 5 nitrogen and oxygen atoms in total. The van der Waals surface area contributed by atoms with Crippen molar-refractivity contribution in [2.75, 3.05) is 18.9 Å². The molecule has 0 bridgehead atoms. The van der Waals surface area contributed by atoms with Crippen LogP contribution in [0.2, 0.25) is 0 Å². The molecule has 1 saturated heterocycles. The third-order valence-corrected chi connectivity index (χ3v) is 5.28. The maximum atomic E-state index is 12.3. The summed E-state index contributed by atoms with van der Waals surface area (Å²) in [4.78, 5) is 25.5. The molecule has 1 aromatic rings. The second-order valence-corrected chi connectivity index (χ2v) is 7.57. The van der Waals surface area contributed by atoms with Crippen LogP contribution in [-0.4, -0.2) is 36.4 Å². The van der Waals surface area contributed by atoms with Gasteiger partial charge in [0.15, 0.2) is 0 Å². The maximum Gasteiger partial charge on any atom is 0.229 e. The Morgan fingerprint density at radius 3 is 2.92 bits per heavy atom. The lowest BCUT2D eigenvalue weighted by Gasteiger charge is -2.26. The normalized spacial score (nSPS) is 26.7. The van der Waals surface area contributed by atoms with Gasteiger partial charge in [-0.25, -0.2) is 0 Å². The molecule has 1 aromatic carbocycles. The lowest BCUT2D eigenvalue weighted by atomic mass is 9.89. The van der Waals surface area contributed by atoms with E-state index in [9.17, 15) is 9.59 Å². The Labute approximate surface area is 149 Å². The number of anilines is 1. The number of rotatable bonds is 5. The van der Waals surface area contributed by atoms with Gasteiger partial charge >= 0.3 is 0 Å². The molecule has 0 radical (unpaired) electrons. The average molecular weight is 344 g/mol. The molecule has 3 unspecified atom stereocenters. The molecule has 2 amide bonds. The van der Waals surface area contributed by atoms with Gasteiger partial charge in [-0.2, -0.15) is 0 Å². The van der Waals surface area contributed by atoms with E-state index in [-0.39, 0.29) is 17.7 Å². The van der Waals surface area contributed by atoms with Crippen molar-refractivity contribution in [3.05, 3.63) is 29.8 Å². The van der Waals surface area contributed by atoms with E-state index in [4.69, 9.17) is 4.74 Å². The van der Waals surface area contributed by atoms with Crippen molar-refractivity contribution in [1.29, 1.82) is 0 Å². The van der Waals surface area contributed by atoms with Crippen LogP contribution in [0.1, 0.15) is 44.6 Å². The van der Waals surface area contributed by atoms with E-state index in [0.717, 1.165) is 30.0 Å². The highest BCUT2D eigenvalue weighted by Gasteiger charge is 2.32. The summed E-state index contributed by atoms with van der Waals surface area (Å²) in [5.41, 5.74) is 1.83. The van der Waals surface area contributed by atoms with Gasteiger partial charge in [0.25, 0.3) is 0 Å². The number of hydrogen-bond donors (Lipinski definition) is 1. The summed E-state index contributed by atoms with van der Waals surface area (Å²) in [6, 6.07) is 7.80. The summed E-state index contributed by atoms with van der Waals surface area (Å²) in [5, 5.41) is 2.94. The van der Waals surface area contributed by atoms with Crippen molar-refractivity contribution in [1.82, 2.24) is 4.90 Å². The number of carbonyl (C=O) groups is 2. The molecule has 5 heteroatoms. The minimum Gasteiger partial charge on any atom is -0.374 e. The molecule has 1 N–H and O–H groups in total. The smallest absolute Gasteiger partial charge is 0.229 e. The summed E-state index contributed by atoms with van der Waals surface area (Å²) in [6.07, 6.45) is 5.48. The molecule has 1 aliphatic heterocycles. The Balaban J connectivity index is 1.52. The van der Waals surface area contributed by atoms with E-state index < -0.39 is 0 Å². The van der Waals surface area contributed by atoms with Gasteiger partial charge in [-0.3, -0.25) is 9.59 Å². The first kappa shape index (κ1) is 17.9. The van der Waals surface area contributed by atoms with Gasteiger partial charge < -0.3 is 15.0 Å². The van der Waals surface area contributed by atoms with Crippen molar-refractivity contribution >= 4 is 17.5 Å². The van der Waals surface area contributed by atoms with Crippen LogP contribution in [0, 0.1) is 11.8 Å². The Morgan fingerprint density at radius 2 is 2.20 bits per heavy atom. The number of ether oxygens (including phenoxy) is 1. The Morgan fingerprint density at radius 1 is 1.36 bits per heavy atom. The van der Waals surface area contributed by atoms with Crippen LogP contribution in [0.25, 0.3) is 0 Å². The summed E-state index contributed by atoms with van der Waals surface area (Å²) in [6.45, 7) is 3.36. The Bertz CT molecular complexity index is 631. The number of nitrogens with one attached hydrogen (secondary N) is 1. The largest absolute Gasteiger partial charge is 0.374 e. The second-order valence-electron chi connectivity index (χ2n) is 7.57. The molecule has 1 saturated carbocycles. The van der Waals surface area contributed by atoms with Gasteiger partial charge in [0.2, 0.25) is 11.8 Å². The lowest BCUT2D eigenvalue weighted by molar-refractivity contribution is -0.127. The third kappa shape index (κ3) is 4.82. The summed E-state index contributed by atoms with van der Waals surface area (Å²) < 4.78 is 6.06. The maximum absolute atomic E-state index is 12.3. The number of benzene rings is 1. The predicted molar refractivity (Wildman–Crippen MR) is 97.0 cm³/mol. The SMILES string of the molecule is CC1CCCC(OCc2cccc(NC(=O)C3CC(=O)N(C)C3)c2)C1. The van der Waals surface area contributed by atoms with Crippen molar-refractivity contribution < 1.29 is 14.3 Å². The molecule has 1 heterocycles. The predicted octanol–water partition coefficient (Wildman–Crippen LogP) is 3.20. The molecule has 1 aliphatic carbocycles. The van der Waals surface area contributed by atoms with Crippen molar-refractivity contribution in [2.24, 2.45) is 11.8 Å². The van der Waals surface area contributed by atoms with Crippen molar-refractivity contribution in [2.45, 2.75) is 51.7 Å². The third-order valence-electron chi connectivity index (χ3n) is 5.28. The zero-order valence-corrected chi connectivity index (χ0v) is 15.2. The number of nitrogens with zero attached hydrogens (tertiary/aromatic N) is 1. The van der Waals surface area contributed by atoms with E-state index in [1.165, 1.54) is 12.8 Å². The molecular weight excluding hydrogens is 316 g/mol. The van der Waals surface area contributed by atoms with Gasteiger partial charge in [0.1, 0.15) is 0 Å². The second kappa shape index (κ2) is 8.00. The van der Waals surface area contributed by atoms with Crippen LogP contribution in [-0.2, 0) is 20.9 Å². The van der Waals surface area contributed by atoms with Crippen LogP contribution in [0.5, 0.6) is 0 Å². The van der Waals surface area contributed by atoms with Gasteiger partial charge in [-0.1, -0.05) is 31.9 Å². The average Bonchev–Trinajstić information content (AvgIpc) is 2.93. The monoisotopic (exact) mass is 344 g/mol. The van der Waals surface area contributed by atoms with E-state index in [1.54, 1.807) is 11.9 Å². The first-order valence-electron chi connectivity index (χ1n) is 9.26. The number of amides is 2. The molecular formula is C20H28N2O3. The molecule has 0 spiro atoms. The topological polar surface area (TPSA) is 58.6 Å². The standard InChI is InChI=1S/C20H28N2O3/c1-14-5-3-8-18(9-14)25-13-15-6-4-7-17(10-15)21-20(24)16-11-19(23)22(2)12-16/h4,6-7,10,14,16,18H,3,5,8-9,11-13H2,1-2H3,(H,21,24). The van der Waals surface area contributed by atoms with Gasteiger partial charge in [-0.15, -0.1) is 0 Å². The molecule has 0 aromatic heterocycles. The Kier molecular flexibility index (Phi) is 5.74. The van der Waals surface area contributed by atoms with Crippen LogP contribution < -0.4 is 5.32 Å². The van der Waals surface area contributed by atoms with Crippen LogP contribution in [0.15, 0.2) is 24.3 Å². The number of carbonyl (C=O) groups excluding carboxylic acids is 2. The molecule has 136 valence electrons. The zero-order chi connectivity index (χ0) is 17.8. The summed E-state index contributed by atoms with van der Waals surface area (Å²) >= 11 is 0. The van der Waals surface area contributed by atoms with Crippen LogP contribution in [0.3, 0.4) is 0 Å². The lowest BCUT2D eigenvalue weighted by Crippen LogP contribution is -2.25. The number of hydrogen-bond acceptors (Lipinski definition) is 3. The first-order valence-corrected chi connectivity index (χ1v) is 9.26. The molecule has 25 heavy (non-hydrogen) atoms. The van der Waals surface area contributed by atoms with E-state index in [1.807, 2.05) is 24.3 Å². The van der Waals surface area contributed by atoms with E-state index >= 15 is 0 Å². The fourth-order valence-corrected chi connectivity index (χ4v) is 3.77. The van der Waals surface area contributed by atoms with Gasteiger partial charge in [0, 0.05) is 25.7 Å². The highest BCUT2D eigenvalue weighted by Crippen LogP contribution is 2.26. The minimum atomic E-state index is -0.263. The van der Waals surface area contributed by atoms with Crippen LogP contribution in [0.4, 0.5) is 5.69 Å². The summed E-state index contributed by atoms with van der Waals surface area (Å²) in [7, 11) is 1.74. The highest BCUT2D eigenvalue weighted by molar-refractivity contribution is 5.97. The quantitative estimate of drug-likeness (QED) is 0.892. The Hall–Kier alpha value is -1.88. The fourth-order valence-electron chi connectivity index (χ4n) is 3.77. The minimum absolute atomic E-state index is 0.0315. The van der Waals surface area contributed by atoms with E-state index in [0.29, 0.717) is 25.7 Å². The van der Waals surface area contributed by atoms with Gasteiger partial charge in [0.05, 0.1) is 18.6 Å². The zero-order valence-electron chi connectivity index (χ0n) is 15.2. The van der Waals surface area contributed by atoms with Crippen molar-refractivity contribution in [3.63, 3.8) is 0 Å². The van der Waals surface area contributed by atoms with Crippen LogP contribution >= 0.6 is 0 Å². The summed E-state index contributed by atoms with van der Waals surface area (Å²) in [5.74, 6) is 0.429. The molecule has 2 aliphatic rings. The van der Waals surface area contributed by atoms with Crippen molar-refractivity contribution in [3.8, 4) is 0 Å². The number of likely N-dealkylation sites (tertiary alicyclic amines) is 1. The fraction of sp³-hybridized carbons (Fsp3) is 0.600. The molecule has 3 rings (SSSR count).